The van der Waals surface area contributed by atoms with Crippen LogP contribution in [0.15, 0.2) is 18.2 Å². The zero-order valence-electron chi connectivity index (χ0n) is 13.2. The Morgan fingerprint density at radius 3 is 2.43 bits per heavy atom. The molecular formula is C15H24N2O4. The van der Waals surface area contributed by atoms with Gasteiger partial charge in [0, 0.05) is 24.9 Å². The van der Waals surface area contributed by atoms with Crippen LogP contribution in [0, 0.1) is 0 Å². The molecule has 21 heavy (non-hydrogen) atoms. The number of benzene rings is 1. The molecule has 0 fully saturated rings. The summed E-state index contributed by atoms with van der Waals surface area (Å²) in [7, 11) is 1.51. The Labute approximate surface area is 125 Å². The van der Waals surface area contributed by atoms with Crippen LogP contribution < -0.4 is 11.1 Å². The topological polar surface area (TPSA) is 93.8 Å². The highest BCUT2D eigenvalue weighted by Crippen LogP contribution is 2.33. The zero-order valence-corrected chi connectivity index (χ0v) is 13.2. The average molecular weight is 296 g/mol. The van der Waals surface area contributed by atoms with Gasteiger partial charge in [-0.3, -0.25) is 5.32 Å². The lowest BCUT2D eigenvalue weighted by molar-refractivity contribution is 0.00829. The number of phenolic OH excluding ortho intramolecular Hbond substituents is 1. The molecule has 6 nitrogen and oxygen atoms in total. The van der Waals surface area contributed by atoms with Gasteiger partial charge >= 0.3 is 6.09 Å². The maximum atomic E-state index is 11.8. The van der Waals surface area contributed by atoms with Crippen molar-refractivity contribution in [2.45, 2.75) is 38.9 Å². The number of nitrogens with two attached hydrogens (primary N) is 1. The highest BCUT2D eigenvalue weighted by molar-refractivity contribution is 5.85. The molecule has 0 aliphatic carbocycles. The molecule has 1 amide bonds. The van der Waals surface area contributed by atoms with Crippen molar-refractivity contribution in [1.29, 1.82) is 0 Å². The number of carbonyl (C=O) groups excluding carboxylic acids is 1. The fourth-order valence-electron chi connectivity index (χ4n) is 1.76. The van der Waals surface area contributed by atoms with Gasteiger partial charge in [-0.15, -0.1) is 0 Å². The molecular weight excluding hydrogens is 272 g/mol. The van der Waals surface area contributed by atoms with Gasteiger partial charge in [0.1, 0.15) is 17.0 Å². The number of carbonyl (C=O) groups is 1. The van der Waals surface area contributed by atoms with E-state index in [2.05, 4.69) is 5.32 Å². The number of nitrogens with one attached hydrogen (secondary N) is 1. The number of phenols is 1. The Bertz CT molecular complexity index is 505. The van der Waals surface area contributed by atoms with Crippen molar-refractivity contribution in [2.75, 3.05) is 19.0 Å². The van der Waals surface area contributed by atoms with E-state index in [-0.39, 0.29) is 12.3 Å². The van der Waals surface area contributed by atoms with Crippen molar-refractivity contribution >= 4 is 11.8 Å². The van der Waals surface area contributed by atoms with Crippen LogP contribution in [0.5, 0.6) is 5.75 Å². The number of aromatic hydroxyl groups is 1. The lowest BCUT2D eigenvalue weighted by atomic mass is 9.94. The first kappa shape index (κ1) is 17.3. The first-order valence-electron chi connectivity index (χ1n) is 6.70. The van der Waals surface area contributed by atoms with Crippen molar-refractivity contribution in [3.63, 3.8) is 0 Å². The van der Waals surface area contributed by atoms with E-state index in [4.69, 9.17) is 15.2 Å². The molecule has 1 atom stereocenters. The molecule has 0 aliphatic heterocycles. The highest BCUT2D eigenvalue weighted by Gasteiger charge is 2.28. The minimum atomic E-state index is -0.838. The summed E-state index contributed by atoms with van der Waals surface area (Å²) in [6.07, 6.45) is -0.564. The summed E-state index contributed by atoms with van der Waals surface area (Å²) in [5.74, 6) is 0.0551. The van der Waals surface area contributed by atoms with Gasteiger partial charge in [0.25, 0.3) is 0 Å². The summed E-state index contributed by atoms with van der Waals surface area (Å²) in [5.41, 5.74) is 5.28. The molecule has 0 spiro atoms. The fourth-order valence-corrected chi connectivity index (χ4v) is 1.76. The van der Waals surface area contributed by atoms with Crippen LogP contribution in [0.4, 0.5) is 10.5 Å². The van der Waals surface area contributed by atoms with Crippen LogP contribution >= 0.6 is 0 Å². The number of methoxy groups -OCH3 is 1. The van der Waals surface area contributed by atoms with Gasteiger partial charge in [0.15, 0.2) is 0 Å². The summed E-state index contributed by atoms with van der Waals surface area (Å²) in [4.78, 5) is 11.8. The number of anilines is 1. The van der Waals surface area contributed by atoms with E-state index in [1.54, 1.807) is 39.8 Å². The number of amides is 1. The summed E-state index contributed by atoms with van der Waals surface area (Å²) < 4.78 is 10.5. The normalized spacial score (nSPS) is 14.4. The van der Waals surface area contributed by atoms with E-state index < -0.39 is 17.3 Å². The van der Waals surface area contributed by atoms with E-state index in [1.807, 2.05) is 0 Å². The standard InChI is InChI=1S/C15H24N2O4/c1-14(2,3)21-13(19)17-10-6-7-12(18)11(8-10)15(4,9-16)20-5/h6-8,18H,9,16H2,1-5H3,(H,17,19). The first-order valence-corrected chi connectivity index (χ1v) is 6.70. The van der Waals surface area contributed by atoms with E-state index in [0.29, 0.717) is 11.3 Å². The average Bonchev–Trinajstić information content (AvgIpc) is 2.38. The second kappa shape index (κ2) is 6.32. The maximum absolute atomic E-state index is 11.8. The Kier molecular flexibility index (Phi) is 5.20. The molecule has 6 heteroatoms. The number of hydrogen-bond donors (Lipinski definition) is 3. The molecule has 0 aromatic heterocycles. The van der Waals surface area contributed by atoms with E-state index >= 15 is 0 Å². The molecule has 1 unspecified atom stereocenters. The fraction of sp³-hybridized carbons (Fsp3) is 0.533. The van der Waals surface area contributed by atoms with E-state index in [9.17, 15) is 9.90 Å². The first-order chi connectivity index (χ1) is 9.61. The number of ether oxygens (including phenoxy) is 2. The maximum Gasteiger partial charge on any atom is 0.412 e. The Morgan fingerprint density at radius 1 is 1.33 bits per heavy atom. The predicted octanol–water partition coefficient (Wildman–Crippen LogP) is 2.56. The van der Waals surface area contributed by atoms with E-state index in [0.717, 1.165) is 0 Å². The minimum absolute atomic E-state index is 0.0551. The van der Waals surface area contributed by atoms with Gasteiger partial charge in [-0.25, -0.2) is 4.79 Å². The molecule has 0 saturated carbocycles. The smallest absolute Gasteiger partial charge is 0.412 e. The van der Waals surface area contributed by atoms with Crippen molar-refractivity contribution < 1.29 is 19.4 Å². The second-order valence-corrected chi connectivity index (χ2v) is 6.00. The second-order valence-electron chi connectivity index (χ2n) is 6.00. The molecule has 1 aromatic rings. The molecule has 0 radical (unpaired) electrons. The Hall–Kier alpha value is -1.79. The van der Waals surface area contributed by atoms with E-state index in [1.165, 1.54) is 13.2 Å². The molecule has 0 aliphatic rings. The molecule has 118 valence electrons. The molecule has 1 aromatic carbocycles. The van der Waals surface area contributed by atoms with Crippen LogP contribution in [-0.4, -0.2) is 30.5 Å². The molecule has 1 rings (SSSR count). The summed E-state index contributed by atoms with van der Waals surface area (Å²) >= 11 is 0. The van der Waals surface area contributed by atoms with Gasteiger partial charge in [-0.2, -0.15) is 0 Å². The van der Waals surface area contributed by atoms with Gasteiger partial charge in [0.05, 0.1) is 0 Å². The monoisotopic (exact) mass is 296 g/mol. The quantitative estimate of drug-likeness (QED) is 0.742. The minimum Gasteiger partial charge on any atom is -0.508 e. The van der Waals surface area contributed by atoms with Crippen molar-refractivity contribution in [1.82, 2.24) is 0 Å². The predicted molar refractivity (Wildman–Crippen MR) is 81.4 cm³/mol. The molecule has 4 N–H and O–H groups in total. The number of rotatable bonds is 4. The van der Waals surface area contributed by atoms with Crippen LogP contribution in [0.25, 0.3) is 0 Å². The Balaban J connectivity index is 3.00. The summed E-state index contributed by atoms with van der Waals surface area (Å²) in [5, 5.41) is 12.6. The number of hydrogen-bond acceptors (Lipinski definition) is 5. The van der Waals surface area contributed by atoms with Crippen LogP contribution in [0.1, 0.15) is 33.3 Å². The van der Waals surface area contributed by atoms with Crippen molar-refractivity contribution in [2.24, 2.45) is 5.73 Å². The highest BCUT2D eigenvalue weighted by atomic mass is 16.6. The Morgan fingerprint density at radius 2 is 1.95 bits per heavy atom. The summed E-state index contributed by atoms with van der Waals surface area (Å²) in [6.45, 7) is 7.30. The SMILES string of the molecule is COC(C)(CN)c1cc(NC(=O)OC(C)(C)C)ccc1O. The van der Waals surface area contributed by atoms with Gasteiger partial charge in [-0.1, -0.05) is 0 Å². The molecule has 0 saturated heterocycles. The largest absolute Gasteiger partial charge is 0.508 e. The van der Waals surface area contributed by atoms with Crippen molar-refractivity contribution in [3.8, 4) is 5.75 Å². The van der Waals surface area contributed by atoms with Crippen molar-refractivity contribution in [3.05, 3.63) is 23.8 Å². The summed E-state index contributed by atoms with van der Waals surface area (Å²) in [6, 6.07) is 4.68. The van der Waals surface area contributed by atoms with Crippen LogP contribution in [0.3, 0.4) is 0 Å². The molecule has 0 heterocycles. The lowest BCUT2D eigenvalue weighted by Crippen LogP contribution is -2.34. The third-order valence-electron chi connectivity index (χ3n) is 3.05. The lowest BCUT2D eigenvalue weighted by Gasteiger charge is -2.28. The van der Waals surface area contributed by atoms with Gasteiger partial charge in [0.2, 0.25) is 0 Å². The van der Waals surface area contributed by atoms with Gasteiger partial charge < -0.3 is 20.3 Å². The molecule has 0 bridgehead atoms. The van der Waals surface area contributed by atoms with Crippen LogP contribution in [-0.2, 0) is 15.1 Å². The third-order valence-corrected chi connectivity index (χ3v) is 3.05. The third kappa shape index (κ3) is 4.61. The van der Waals surface area contributed by atoms with Crippen LogP contribution in [0.2, 0.25) is 0 Å². The zero-order chi connectivity index (χ0) is 16.3. The van der Waals surface area contributed by atoms with Gasteiger partial charge in [-0.05, 0) is 45.9 Å².